The van der Waals surface area contributed by atoms with E-state index in [9.17, 15) is 4.79 Å². The number of amides is 1. The lowest BCUT2D eigenvalue weighted by molar-refractivity contribution is -0.121. The topological polar surface area (TPSA) is 95.1 Å². The summed E-state index contributed by atoms with van der Waals surface area (Å²) < 4.78 is 12.4. The number of imidazole rings is 1. The van der Waals surface area contributed by atoms with Crippen LogP contribution in [0.4, 0.5) is 0 Å². The molecule has 0 saturated heterocycles. The Labute approximate surface area is 179 Å². The smallest absolute Gasteiger partial charge is 0.227 e. The van der Waals surface area contributed by atoms with E-state index < -0.39 is 0 Å². The van der Waals surface area contributed by atoms with Gasteiger partial charge in [-0.25, -0.2) is 4.98 Å². The highest BCUT2D eigenvalue weighted by Crippen LogP contribution is 2.20. The van der Waals surface area contributed by atoms with Crippen LogP contribution < -0.4 is 10.1 Å². The number of nitrogens with zero attached hydrogens (tertiary/aromatic N) is 4. The second kappa shape index (κ2) is 9.71. The Balaban J connectivity index is 1.22. The Kier molecular flexibility index (Phi) is 6.37. The summed E-state index contributed by atoms with van der Waals surface area (Å²) in [5.74, 6) is 1.63. The summed E-state index contributed by atoms with van der Waals surface area (Å²) in [5.41, 5.74) is 3.05. The molecule has 0 fully saturated rings. The normalized spacial score (nSPS) is 10.7. The number of hydrogen-bond donors (Lipinski definition) is 1. The molecule has 0 bridgehead atoms. The Hall–Kier alpha value is -3.94. The highest BCUT2D eigenvalue weighted by molar-refractivity contribution is 5.76. The first kappa shape index (κ1) is 20.3. The molecule has 0 unspecified atom stereocenters. The van der Waals surface area contributed by atoms with Gasteiger partial charge in [-0.05, 0) is 35.4 Å². The molecule has 2 aromatic heterocycles. The monoisotopic (exact) mass is 417 g/mol. The van der Waals surface area contributed by atoms with Gasteiger partial charge in [0.15, 0.2) is 0 Å². The molecule has 1 N–H and O–H groups in total. The number of aromatic nitrogens is 4. The second-order valence-corrected chi connectivity index (χ2v) is 7.07. The Morgan fingerprint density at radius 2 is 1.87 bits per heavy atom. The van der Waals surface area contributed by atoms with E-state index in [1.165, 1.54) is 5.56 Å². The number of carbonyl (C=O) groups is 1. The predicted octanol–water partition coefficient (Wildman–Crippen LogP) is 3.24. The molecule has 0 spiro atoms. The molecule has 8 nitrogen and oxygen atoms in total. The SMILES string of the molecule is COc1ccc(-c2noc(CCC(=O)NCc3ccc(Cn4ccnc4)cc3)n2)cc1. The van der Waals surface area contributed by atoms with Crippen molar-refractivity contribution in [3.63, 3.8) is 0 Å². The van der Waals surface area contributed by atoms with Gasteiger partial charge >= 0.3 is 0 Å². The minimum absolute atomic E-state index is 0.0633. The number of benzene rings is 2. The maximum absolute atomic E-state index is 12.2. The number of hydrogen-bond acceptors (Lipinski definition) is 6. The fourth-order valence-electron chi connectivity index (χ4n) is 3.08. The van der Waals surface area contributed by atoms with Crippen molar-refractivity contribution in [2.75, 3.05) is 7.11 Å². The quantitative estimate of drug-likeness (QED) is 0.449. The third-order valence-electron chi connectivity index (χ3n) is 4.82. The van der Waals surface area contributed by atoms with Crippen LogP contribution in [0.15, 0.2) is 71.8 Å². The first-order valence-corrected chi connectivity index (χ1v) is 9.97. The first-order chi connectivity index (χ1) is 15.2. The molecule has 0 aliphatic carbocycles. The van der Waals surface area contributed by atoms with Crippen molar-refractivity contribution in [2.24, 2.45) is 0 Å². The zero-order valence-corrected chi connectivity index (χ0v) is 17.2. The Bertz CT molecular complexity index is 1100. The molecule has 2 aromatic carbocycles. The van der Waals surface area contributed by atoms with Gasteiger partial charge in [-0.1, -0.05) is 29.4 Å². The van der Waals surface area contributed by atoms with Gasteiger partial charge in [0.2, 0.25) is 17.6 Å². The molecular weight excluding hydrogens is 394 g/mol. The standard InChI is InChI=1S/C23H23N5O3/c1-30-20-8-6-19(7-9-20)23-26-22(31-27-23)11-10-21(29)25-14-17-2-4-18(5-3-17)15-28-13-12-24-16-28/h2-9,12-13,16H,10-11,14-15H2,1H3,(H,25,29). The number of methoxy groups -OCH3 is 1. The summed E-state index contributed by atoms with van der Waals surface area (Å²) in [6.07, 6.45) is 6.15. The van der Waals surface area contributed by atoms with Gasteiger partial charge in [-0.15, -0.1) is 0 Å². The highest BCUT2D eigenvalue weighted by atomic mass is 16.5. The maximum atomic E-state index is 12.2. The molecule has 4 aromatic rings. The molecule has 0 radical (unpaired) electrons. The van der Waals surface area contributed by atoms with E-state index >= 15 is 0 Å². The van der Waals surface area contributed by atoms with Crippen molar-refractivity contribution < 1.29 is 14.1 Å². The minimum Gasteiger partial charge on any atom is -0.497 e. The number of carbonyl (C=O) groups excluding carboxylic acids is 1. The number of aryl methyl sites for hydroxylation is 1. The van der Waals surface area contributed by atoms with Gasteiger partial charge in [0, 0.05) is 43.9 Å². The van der Waals surface area contributed by atoms with Crippen molar-refractivity contribution in [1.29, 1.82) is 0 Å². The molecule has 4 rings (SSSR count). The Morgan fingerprint density at radius 1 is 1.10 bits per heavy atom. The Morgan fingerprint density at radius 3 is 2.58 bits per heavy atom. The lowest BCUT2D eigenvalue weighted by Gasteiger charge is -2.07. The van der Waals surface area contributed by atoms with Crippen molar-refractivity contribution >= 4 is 5.91 Å². The van der Waals surface area contributed by atoms with Gasteiger partial charge in [-0.3, -0.25) is 4.79 Å². The third-order valence-corrected chi connectivity index (χ3v) is 4.82. The van der Waals surface area contributed by atoms with Gasteiger partial charge in [-0.2, -0.15) is 4.98 Å². The molecule has 0 saturated carbocycles. The number of rotatable bonds is 9. The third kappa shape index (κ3) is 5.57. The molecule has 0 atom stereocenters. The minimum atomic E-state index is -0.0633. The summed E-state index contributed by atoms with van der Waals surface area (Å²) in [6, 6.07) is 15.5. The molecule has 158 valence electrons. The van der Waals surface area contributed by atoms with Crippen molar-refractivity contribution in [1.82, 2.24) is 25.0 Å². The van der Waals surface area contributed by atoms with Crippen molar-refractivity contribution in [3.8, 4) is 17.1 Å². The lowest BCUT2D eigenvalue weighted by Crippen LogP contribution is -2.23. The van der Waals surface area contributed by atoms with Gasteiger partial charge in [0.05, 0.1) is 13.4 Å². The van der Waals surface area contributed by atoms with E-state index in [4.69, 9.17) is 9.26 Å². The van der Waals surface area contributed by atoms with E-state index in [-0.39, 0.29) is 12.3 Å². The van der Waals surface area contributed by atoms with E-state index in [1.54, 1.807) is 19.6 Å². The molecule has 8 heteroatoms. The molecule has 31 heavy (non-hydrogen) atoms. The molecule has 1 amide bonds. The van der Waals surface area contributed by atoms with Crippen LogP contribution in [0.3, 0.4) is 0 Å². The zero-order valence-electron chi connectivity index (χ0n) is 17.2. The molecule has 2 heterocycles. The van der Waals surface area contributed by atoms with E-state index in [1.807, 2.05) is 47.2 Å². The van der Waals surface area contributed by atoms with Crippen LogP contribution in [0.25, 0.3) is 11.4 Å². The summed E-state index contributed by atoms with van der Waals surface area (Å²) in [5, 5.41) is 6.91. The first-order valence-electron chi connectivity index (χ1n) is 9.97. The zero-order chi connectivity index (χ0) is 21.5. The maximum Gasteiger partial charge on any atom is 0.227 e. The van der Waals surface area contributed by atoms with Crippen LogP contribution in [0, 0.1) is 0 Å². The van der Waals surface area contributed by atoms with Gasteiger partial charge in [0.1, 0.15) is 5.75 Å². The van der Waals surface area contributed by atoms with Gasteiger partial charge < -0.3 is 19.1 Å². The second-order valence-electron chi connectivity index (χ2n) is 7.07. The number of nitrogens with one attached hydrogen (secondary N) is 1. The summed E-state index contributed by atoms with van der Waals surface area (Å²) >= 11 is 0. The molecule has 0 aliphatic heterocycles. The van der Waals surface area contributed by atoms with Crippen molar-refractivity contribution in [2.45, 2.75) is 25.9 Å². The molecule has 0 aliphatic rings. The average molecular weight is 417 g/mol. The van der Waals surface area contributed by atoms with E-state index in [0.29, 0.717) is 24.7 Å². The van der Waals surface area contributed by atoms with E-state index in [0.717, 1.165) is 23.4 Å². The molecular formula is C23H23N5O3. The van der Waals surface area contributed by atoms with Crippen LogP contribution in [0.2, 0.25) is 0 Å². The summed E-state index contributed by atoms with van der Waals surface area (Å²) in [7, 11) is 1.62. The fourth-order valence-corrected chi connectivity index (χ4v) is 3.08. The fraction of sp³-hybridized carbons (Fsp3) is 0.217. The van der Waals surface area contributed by atoms with Gasteiger partial charge in [0.25, 0.3) is 0 Å². The highest BCUT2D eigenvalue weighted by Gasteiger charge is 2.11. The predicted molar refractivity (Wildman–Crippen MR) is 114 cm³/mol. The largest absolute Gasteiger partial charge is 0.497 e. The average Bonchev–Trinajstić information content (AvgIpc) is 3.49. The van der Waals surface area contributed by atoms with Crippen LogP contribution in [-0.2, 0) is 24.3 Å². The van der Waals surface area contributed by atoms with Crippen LogP contribution in [0.1, 0.15) is 23.4 Å². The lowest BCUT2D eigenvalue weighted by atomic mass is 10.1. The number of ether oxygens (including phenoxy) is 1. The summed E-state index contributed by atoms with van der Waals surface area (Å²) in [4.78, 5) is 20.6. The van der Waals surface area contributed by atoms with Crippen LogP contribution in [-0.4, -0.2) is 32.7 Å². The van der Waals surface area contributed by atoms with Crippen molar-refractivity contribution in [3.05, 3.63) is 84.3 Å². The van der Waals surface area contributed by atoms with E-state index in [2.05, 4.69) is 32.6 Å². The summed E-state index contributed by atoms with van der Waals surface area (Å²) in [6.45, 7) is 1.25. The van der Waals surface area contributed by atoms with Crippen LogP contribution >= 0.6 is 0 Å². The van der Waals surface area contributed by atoms with Crippen LogP contribution in [0.5, 0.6) is 5.75 Å².